The van der Waals surface area contributed by atoms with Crippen LogP contribution in [0.3, 0.4) is 0 Å². The van der Waals surface area contributed by atoms with Crippen LogP contribution in [-0.4, -0.2) is 52.9 Å². The number of hydrogen-bond acceptors (Lipinski definition) is 6. The molecule has 0 spiro atoms. The Labute approximate surface area is 244 Å². The number of aryl methyl sites for hydroxylation is 1. The second-order valence-corrected chi connectivity index (χ2v) is 12.1. The van der Waals surface area contributed by atoms with E-state index >= 15 is 0 Å². The average Bonchev–Trinajstić information content (AvgIpc) is 3.37. The quantitative estimate of drug-likeness (QED) is 0.268. The SMILES string of the molecule is CCN1C(=O)C(C)(C)C(=O)N(C)c2cc(CCN(CCn3ccc4ccccc4c3=O)Cc3scnc3C)ccc21. The van der Waals surface area contributed by atoms with Gasteiger partial charge in [-0.3, -0.25) is 19.3 Å². The van der Waals surface area contributed by atoms with E-state index in [-0.39, 0.29) is 17.4 Å². The summed E-state index contributed by atoms with van der Waals surface area (Å²) in [7, 11) is 1.75. The smallest absolute Gasteiger partial charge is 0.258 e. The summed E-state index contributed by atoms with van der Waals surface area (Å²) in [6.45, 7) is 10.6. The van der Waals surface area contributed by atoms with E-state index in [4.69, 9.17) is 0 Å². The summed E-state index contributed by atoms with van der Waals surface area (Å²) in [6.07, 6.45) is 2.63. The molecule has 0 saturated carbocycles. The number of thiazole rings is 1. The number of rotatable bonds is 9. The molecule has 2 amide bonds. The van der Waals surface area contributed by atoms with Crippen LogP contribution in [-0.2, 0) is 29.1 Å². The van der Waals surface area contributed by atoms with Crippen LogP contribution in [0.25, 0.3) is 10.8 Å². The molecule has 41 heavy (non-hydrogen) atoms. The minimum Gasteiger partial charge on any atom is -0.314 e. The van der Waals surface area contributed by atoms with Crippen molar-refractivity contribution in [2.24, 2.45) is 5.41 Å². The second kappa shape index (κ2) is 11.6. The lowest BCUT2D eigenvalue weighted by molar-refractivity contribution is -0.137. The summed E-state index contributed by atoms with van der Waals surface area (Å²) in [5.74, 6) is -0.390. The highest BCUT2D eigenvalue weighted by Crippen LogP contribution is 2.38. The molecular formula is C32H37N5O3S. The van der Waals surface area contributed by atoms with Crippen molar-refractivity contribution in [1.29, 1.82) is 0 Å². The molecule has 0 bridgehead atoms. The maximum absolute atomic E-state index is 13.3. The van der Waals surface area contributed by atoms with Gasteiger partial charge in [0.15, 0.2) is 0 Å². The van der Waals surface area contributed by atoms with E-state index in [2.05, 4.69) is 16.0 Å². The van der Waals surface area contributed by atoms with Gasteiger partial charge in [0.25, 0.3) is 5.56 Å². The maximum atomic E-state index is 13.3. The molecule has 8 nitrogen and oxygen atoms in total. The van der Waals surface area contributed by atoms with E-state index in [1.165, 1.54) is 4.88 Å². The molecule has 0 unspecified atom stereocenters. The van der Waals surface area contributed by atoms with Gasteiger partial charge in [0.05, 0.1) is 22.6 Å². The highest BCUT2D eigenvalue weighted by atomic mass is 32.1. The Morgan fingerprint density at radius 1 is 0.976 bits per heavy atom. The number of benzene rings is 2. The predicted molar refractivity (Wildman–Crippen MR) is 166 cm³/mol. The first-order chi connectivity index (χ1) is 19.6. The number of pyridine rings is 1. The third-order valence-electron chi connectivity index (χ3n) is 8.10. The van der Waals surface area contributed by atoms with Crippen molar-refractivity contribution in [2.45, 2.75) is 47.2 Å². The molecule has 9 heteroatoms. The highest BCUT2D eigenvalue weighted by Gasteiger charge is 2.45. The first kappa shape index (κ1) is 28.7. The van der Waals surface area contributed by atoms with Gasteiger partial charge >= 0.3 is 0 Å². The van der Waals surface area contributed by atoms with Crippen LogP contribution in [0.15, 0.2) is 65.0 Å². The van der Waals surface area contributed by atoms with E-state index in [1.54, 1.807) is 46.6 Å². The summed E-state index contributed by atoms with van der Waals surface area (Å²) >= 11 is 1.65. The molecule has 1 aliphatic heterocycles. The minimum atomic E-state index is -1.13. The fourth-order valence-electron chi connectivity index (χ4n) is 5.50. The number of carbonyl (C=O) groups is 2. The van der Waals surface area contributed by atoms with Crippen LogP contribution >= 0.6 is 11.3 Å². The molecule has 214 valence electrons. The van der Waals surface area contributed by atoms with E-state index in [0.29, 0.717) is 19.6 Å². The molecule has 3 heterocycles. The number of fused-ring (bicyclic) bond motifs is 2. The van der Waals surface area contributed by atoms with Gasteiger partial charge in [-0.25, -0.2) is 4.98 Å². The van der Waals surface area contributed by atoms with Gasteiger partial charge in [-0.2, -0.15) is 0 Å². The van der Waals surface area contributed by atoms with Crippen molar-refractivity contribution in [3.63, 3.8) is 0 Å². The van der Waals surface area contributed by atoms with Crippen molar-refractivity contribution >= 4 is 45.3 Å². The van der Waals surface area contributed by atoms with Crippen LogP contribution in [0.5, 0.6) is 0 Å². The van der Waals surface area contributed by atoms with Crippen LogP contribution < -0.4 is 15.4 Å². The lowest BCUT2D eigenvalue weighted by Gasteiger charge is -2.27. The molecule has 2 aromatic heterocycles. The van der Waals surface area contributed by atoms with E-state index in [9.17, 15) is 14.4 Å². The average molecular weight is 572 g/mol. The molecule has 0 atom stereocenters. The van der Waals surface area contributed by atoms with E-state index < -0.39 is 5.41 Å². The van der Waals surface area contributed by atoms with E-state index in [0.717, 1.165) is 52.9 Å². The van der Waals surface area contributed by atoms with Gasteiger partial charge in [-0.1, -0.05) is 24.3 Å². The molecular weight excluding hydrogens is 534 g/mol. The number of amides is 2. The molecule has 1 aliphatic rings. The fourth-order valence-corrected chi connectivity index (χ4v) is 6.31. The molecule has 4 aromatic rings. The fraction of sp³-hybridized carbons (Fsp3) is 0.375. The minimum absolute atomic E-state index is 0.0217. The zero-order valence-electron chi connectivity index (χ0n) is 24.4. The number of anilines is 2. The van der Waals surface area contributed by atoms with Gasteiger partial charge in [-0.15, -0.1) is 11.3 Å². The summed E-state index contributed by atoms with van der Waals surface area (Å²) in [4.78, 5) is 50.9. The lowest BCUT2D eigenvalue weighted by atomic mass is 9.90. The van der Waals surface area contributed by atoms with Crippen LogP contribution in [0.4, 0.5) is 11.4 Å². The van der Waals surface area contributed by atoms with Gasteiger partial charge in [0.1, 0.15) is 5.41 Å². The number of carbonyl (C=O) groups excluding carboxylic acids is 2. The molecule has 5 rings (SSSR count). The first-order valence-corrected chi connectivity index (χ1v) is 14.9. The van der Waals surface area contributed by atoms with Gasteiger partial charge in [0, 0.05) is 56.2 Å². The summed E-state index contributed by atoms with van der Waals surface area (Å²) in [5.41, 5.74) is 4.39. The molecule has 0 radical (unpaired) electrons. The third kappa shape index (κ3) is 5.56. The van der Waals surface area contributed by atoms with Gasteiger partial charge < -0.3 is 14.4 Å². The zero-order valence-corrected chi connectivity index (χ0v) is 25.2. The van der Waals surface area contributed by atoms with Crippen molar-refractivity contribution in [1.82, 2.24) is 14.5 Å². The Balaban J connectivity index is 1.38. The van der Waals surface area contributed by atoms with Crippen molar-refractivity contribution < 1.29 is 9.59 Å². The Morgan fingerprint density at radius 3 is 2.49 bits per heavy atom. The Morgan fingerprint density at radius 2 is 1.76 bits per heavy atom. The molecule has 0 aliphatic carbocycles. The van der Waals surface area contributed by atoms with Crippen molar-refractivity contribution in [3.8, 4) is 0 Å². The van der Waals surface area contributed by atoms with Crippen molar-refractivity contribution in [3.05, 3.63) is 86.7 Å². The zero-order chi connectivity index (χ0) is 29.3. The predicted octanol–water partition coefficient (Wildman–Crippen LogP) is 4.87. The van der Waals surface area contributed by atoms with Crippen LogP contribution in [0, 0.1) is 12.3 Å². The standard InChI is InChI=1S/C32H37N5O3S/c1-6-37-26-12-11-23(19-27(26)34(5)30(39)32(3,4)31(37)40)13-15-35(20-28-22(2)33-21-41-28)17-18-36-16-14-24-9-7-8-10-25(24)29(36)38/h7-12,14,16,19,21H,6,13,15,17-18,20H2,1-5H3. The van der Waals surface area contributed by atoms with Crippen molar-refractivity contribution in [2.75, 3.05) is 36.5 Å². The molecule has 0 N–H and O–H groups in total. The largest absolute Gasteiger partial charge is 0.314 e. The normalized spacial score (nSPS) is 15.1. The van der Waals surface area contributed by atoms with Crippen LogP contribution in [0.1, 0.15) is 36.9 Å². The highest BCUT2D eigenvalue weighted by molar-refractivity contribution is 7.09. The number of hydrogen-bond donors (Lipinski definition) is 0. The van der Waals surface area contributed by atoms with E-state index in [1.807, 2.05) is 68.0 Å². The second-order valence-electron chi connectivity index (χ2n) is 11.2. The van der Waals surface area contributed by atoms with Gasteiger partial charge in [0.2, 0.25) is 11.8 Å². The molecule has 0 fully saturated rings. The summed E-state index contributed by atoms with van der Waals surface area (Å²) in [6, 6.07) is 15.7. The maximum Gasteiger partial charge on any atom is 0.258 e. The molecule has 0 saturated heterocycles. The monoisotopic (exact) mass is 571 g/mol. The van der Waals surface area contributed by atoms with Gasteiger partial charge in [-0.05, 0) is 69.3 Å². The lowest BCUT2D eigenvalue weighted by Crippen LogP contribution is -2.47. The summed E-state index contributed by atoms with van der Waals surface area (Å²) < 4.78 is 1.79. The topological polar surface area (TPSA) is 78.8 Å². The Hall–Kier alpha value is -3.82. The van der Waals surface area contributed by atoms with Crippen LogP contribution in [0.2, 0.25) is 0 Å². The third-order valence-corrected chi connectivity index (χ3v) is 9.02. The molecule has 2 aromatic carbocycles. The Kier molecular flexibility index (Phi) is 8.11. The number of aromatic nitrogens is 2. The summed E-state index contributed by atoms with van der Waals surface area (Å²) in [5, 5.41) is 1.68. The Bertz CT molecular complexity index is 1660. The first-order valence-electron chi connectivity index (χ1n) is 14.0. The number of nitrogens with zero attached hydrogens (tertiary/aromatic N) is 5.